The summed E-state index contributed by atoms with van der Waals surface area (Å²) in [4.78, 5) is 36.3. The summed E-state index contributed by atoms with van der Waals surface area (Å²) in [6.45, 7) is 10.6. The zero-order valence-corrected chi connectivity index (χ0v) is 16.4. The van der Waals surface area contributed by atoms with Crippen molar-refractivity contribution in [1.82, 2.24) is 9.78 Å². The van der Waals surface area contributed by atoms with Crippen LogP contribution in [-0.4, -0.2) is 34.1 Å². The van der Waals surface area contributed by atoms with Crippen LogP contribution in [-0.2, 0) is 20.8 Å². The number of carbonyl (C=O) groups is 2. The molecule has 0 fully saturated rings. The first-order valence-corrected chi connectivity index (χ1v) is 8.72. The maximum Gasteiger partial charge on any atom is 0.414 e. The fourth-order valence-electron chi connectivity index (χ4n) is 2.38. The van der Waals surface area contributed by atoms with Crippen molar-refractivity contribution >= 4 is 28.9 Å². The number of nitrogens with one attached hydrogen (secondary N) is 1. The van der Waals surface area contributed by atoms with Gasteiger partial charge in [0.2, 0.25) is 5.88 Å². The Bertz CT molecular complexity index is 904. The molecule has 27 heavy (non-hydrogen) atoms. The van der Waals surface area contributed by atoms with E-state index in [1.165, 1.54) is 6.07 Å². The van der Waals surface area contributed by atoms with Crippen molar-refractivity contribution in [2.45, 2.75) is 59.6 Å². The smallest absolute Gasteiger partial charge is 0.414 e. The first-order valence-electron chi connectivity index (χ1n) is 8.72. The van der Waals surface area contributed by atoms with E-state index in [0.29, 0.717) is 5.69 Å². The Morgan fingerprint density at radius 3 is 2.56 bits per heavy atom. The van der Waals surface area contributed by atoms with E-state index in [1.54, 1.807) is 27.7 Å². The van der Waals surface area contributed by atoms with Gasteiger partial charge < -0.3 is 13.9 Å². The Balaban J connectivity index is 2.44. The van der Waals surface area contributed by atoms with Crippen molar-refractivity contribution in [2.24, 2.45) is 0 Å². The van der Waals surface area contributed by atoms with Crippen LogP contribution < -0.4 is 10.9 Å². The molecule has 0 saturated heterocycles. The molecule has 9 heteroatoms. The predicted molar refractivity (Wildman–Crippen MR) is 98.8 cm³/mol. The Hall–Kier alpha value is -2.84. The van der Waals surface area contributed by atoms with Crippen LogP contribution >= 0.6 is 0 Å². The third-order valence-electron chi connectivity index (χ3n) is 3.41. The molecule has 0 aliphatic carbocycles. The lowest BCUT2D eigenvalue weighted by Gasteiger charge is -2.18. The highest BCUT2D eigenvalue weighted by Crippen LogP contribution is 2.27. The third-order valence-corrected chi connectivity index (χ3v) is 3.41. The molecule has 0 bridgehead atoms. The van der Waals surface area contributed by atoms with E-state index in [1.807, 2.05) is 13.8 Å². The van der Waals surface area contributed by atoms with Crippen LogP contribution in [0.1, 0.15) is 53.2 Å². The zero-order chi connectivity index (χ0) is 20.4. The van der Waals surface area contributed by atoms with Crippen molar-refractivity contribution in [3.8, 4) is 0 Å². The number of furan rings is 1. The summed E-state index contributed by atoms with van der Waals surface area (Å²) in [5, 5.41) is 6.92. The third kappa shape index (κ3) is 5.08. The predicted octanol–water partition coefficient (Wildman–Crippen LogP) is 3.02. The summed E-state index contributed by atoms with van der Waals surface area (Å²) in [5.74, 6) is -0.576. The quantitative estimate of drug-likeness (QED) is 0.795. The van der Waals surface area contributed by atoms with Gasteiger partial charge in [-0.05, 0) is 27.7 Å². The molecular weight excluding hydrogens is 354 g/mol. The molecule has 0 spiro atoms. The molecule has 2 aromatic heterocycles. The van der Waals surface area contributed by atoms with E-state index in [-0.39, 0.29) is 35.9 Å². The average molecular weight is 379 g/mol. The van der Waals surface area contributed by atoms with Crippen LogP contribution in [0.15, 0.2) is 15.3 Å². The Morgan fingerprint density at radius 2 is 2.00 bits per heavy atom. The standard InChI is InChI=1S/C18H25N3O6/c1-7-25-13(22)9-21-16(23)11-8-12(19-17(24)27-18(4,5)6)26-15(11)14(20-21)10(2)3/h8,10H,7,9H2,1-6H3,(H,19,24). The highest BCUT2D eigenvalue weighted by Gasteiger charge is 2.22. The molecule has 0 aliphatic heterocycles. The van der Waals surface area contributed by atoms with Crippen molar-refractivity contribution < 1.29 is 23.5 Å². The number of fused-ring (bicyclic) bond motifs is 1. The molecule has 0 radical (unpaired) electrons. The van der Waals surface area contributed by atoms with Crippen LogP contribution in [0.5, 0.6) is 0 Å². The first kappa shape index (κ1) is 20.5. The first-order chi connectivity index (χ1) is 12.5. The topological polar surface area (TPSA) is 113 Å². The number of hydrogen-bond donors (Lipinski definition) is 1. The van der Waals surface area contributed by atoms with Gasteiger partial charge in [-0.1, -0.05) is 13.8 Å². The molecular formula is C18H25N3O6. The summed E-state index contributed by atoms with van der Waals surface area (Å²) in [6, 6.07) is 1.40. The summed E-state index contributed by atoms with van der Waals surface area (Å²) in [6.07, 6.45) is -0.701. The van der Waals surface area contributed by atoms with Gasteiger partial charge >= 0.3 is 12.1 Å². The van der Waals surface area contributed by atoms with Gasteiger partial charge in [-0.3, -0.25) is 14.9 Å². The molecule has 1 amide bonds. The molecule has 0 aromatic carbocycles. The van der Waals surface area contributed by atoms with Crippen LogP contribution in [0.3, 0.4) is 0 Å². The maximum atomic E-state index is 12.7. The molecule has 2 aromatic rings. The molecule has 2 rings (SSSR count). The zero-order valence-electron chi connectivity index (χ0n) is 16.4. The number of rotatable bonds is 5. The monoisotopic (exact) mass is 379 g/mol. The van der Waals surface area contributed by atoms with E-state index in [2.05, 4.69) is 10.4 Å². The molecule has 0 atom stereocenters. The second-order valence-electron chi connectivity index (χ2n) is 7.29. The van der Waals surface area contributed by atoms with E-state index < -0.39 is 23.2 Å². The van der Waals surface area contributed by atoms with E-state index in [0.717, 1.165) is 4.68 Å². The largest absolute Gasteiger partial charge is 0.465 e. The number of amides is 1. The molecule has 9 nitrogen and oxygen atoms in total. The second kappa shape index (κ2) is 7.81. The van der Waals surface area contributed by atoms with Gasteiger partial charge in [-0.25, -0.2) is 9.48 Å². The normalized spacial score (nSPS) is 11.7. The highest BCUT2D eigenvalue weighted by molar-refractivity contribution is 5.89. The summed E-state index contributed by atoms with van der Waals surface area (Å²) in [5.41, 5.74) is -0.427. The molecule has 0 unspecified atom stereocenters. The Morgan fingerprint density at radius 1 is 1.33 bits per heavy atom. The van der Waals surface area contributed by atoms with Crippen molar-refractivity contribution in [1.29, 1.82) is 0 Å². The van der Waals surface area contributed by atoms with E-state index in [9.17, 15) is 14.4 Å². The van der Waals surface area contributed by atoms with Gasteiger partial charge in [-0.15, -0.1) is 0 Å². The molecule has 0 aliphatic rings. The van der Waals surface area contributed by atoms with E-state index in [4.69, 9.17) is 13.9 Å². The number of nitrogens with zero attached hydrogens (tertiary/aromatic N) is 2. The SMILES string of the molecule is CCOC(=O)Cn1nc(C(C)C)c2oc(NC(=O)OC(C)(C)C)cc2c1=O. The van der Waals surface area contributed by atoms with Crippen molar-refractivity contribution in [3.63, 3.8) is 0 Å². The number of anilines is 1. The van der Waals surface area contributed by atoms with Gasteiger partial charge in [0, 0.05) is 12.0 Å². The summed E-state index contributed by atoms with van der Waals surface area (Å²) >= 11 is 0. The lowest BCUT2D eigenvalue weighted by molar-refractivity contribution is -0.144. The Labute approximate surface area is 156 Å². The number of hydrogen-bond acceptors (Lipinski definition) is 7. The van der Waals surface area contributed by atoms with Gasteiger partial charge in [-0.2, -0.15) is 5.10 Å². The van der Waals surface area contributed by atoms with Gasteiger partial charge in [0.15, 0.2) is 5.58 Å². The Kier molecular flexibility index (Phi) is 5.92. The number of aromatic nitrogens is 2. The van der Waals surface area contributed by atoms with E-state index >= 15 is 0 Å². The average Bonchev–Trinajstić information content (AvgIpc) is 2.91. The van der Waals surface area contributed by atoms with Crippen molar-refractivity contribution in [3.05, 3.63) is 22.1 Å². The molecule has 1 N–H and O–H groups in total. The highest BCUT2D eigenvalue weighted by atomic mass is 16.6. The van der Waals surface area contributed by atoms with Crippen LogP contribution in [0.4, 0.5) is 10.7 Å². The minimum atomic E-state index is -0.701. The minimum absolute atomic E-state index is 0.0638. The van der Waals surface area contributed by atoms with Crippen LogP contribution in [0.25, 0.3) is 11.0 Å². The lowest BCUT2D eigenvalue weighted by atomic mass is 10.1. The van der Waals surface area contributed by atoms with Crippen molar-refractivity contribution in [2.75, 3.05) is 11.9 Å². The minimum Gasteiger partial charge on any atom is -0.465 e. The lowest BCUT2D eigenvalue weighted by Crippen LogP contribution is -2.28. The fourth-order valence-corrected chi connectivity index (χ4v) is 2.38. The molecule has 0 saturated carbocycles. The van der Waals surface area contributed by atoms with Gasteiger partial charge in [0.1, 0.15) is 17.8 Å². The molecule has 2 heterocycles. The number of carbonyl (C=O) groups excluding carboxylic acids is 2. The summed E-state index contributed by atoms with van der Waals surface area (Å²) in [7, 11) is 0. The maximum absolute atomic E-state index is 12.7. The fraction of sp³-hybridized carbons (Fsp3) is 0.556. The number of esters is 1. The van der Waals surface area contributed by atoms with Crippen LogP contribution in [0, 0.1) is 0 Å². The van der Waals surface area contributed by atoms with Gasteiger partial charge in [0.25, 0.3) is 5.56 Å². The molecule has 148 valence electrons. The van der Waals surface area contributed by atoms with Gasteiger partial charge in [0.05, 0.1) is 12.0 Å². The summed E-state index contributed by atoms with van der Waals surface area (Å²) < 4.78 is 16.7. The second-order valence-corrected chi connectivity index (χ2v) is 7.29. The number of ether oxygens (including phenoxy) is 2. The van der Waals surface area contributed by atoms with Crippen LogP contribution in [0.2, 0.25) is 0 Å².